The molecule has 5 aromatic rings. The van der Waals surface area contributed by atoms with E-state index in [-0.39, 0.29) is 33.7 Å². The van der Waals surface area contributed by atoms with Crippen LogP contribution in [0.25, 0.3) is 22.3 Å². The summed E-state index contributed by atoms with van der Waals surface area (Å²) in [4.78, 5) is 10.9. The van der Waals surface area contributed by atoms with Crippen LogP contribution in [0.4, 0.5) is 23.4 Å². The normalized spacial score (nSPS) is 12.5. The minimum absolute atomic E-state index is 0.0181. The number of hydrogen-bond acceptors (Lipinski definition) is 7. The third kappa shape index (κ3) is 4.02. The van der Waals surface area contributed by atoms with Crippen molar-refractivity contribution >= 4 is 11.3 Å². The molecule has 0 spiro atoms. The van der Waals surface area contributed by atoms with Crippen LogP contribution in [0.15, 0.2) is 55.4 Å². The summed E-state index contributed by atoms with van der Waals surface area (Å²) in [5.74, 6) is -2.21. The molecule has 0 amide bonds. The second kappa shape index (κ2) is 8.98. The maximum atomic E-state index is 14.3. The summed E-state index contributed by atoms with van der Waals surface area (Å²) >= 11 is 0. The molecule has 0 saturated heterocycles. The van der Waals surface area contributed by atoms with Gasteiger partial charge < -0.3 is 5.73 Å². The molecule has 4 heterocycles. The first-order valence-corrected chi connectivity index (χ1v) is 11.0. The molecular formula is C24H17F4N9. The fraction of sp³-hybridized carbons (Fsp3) is 0.167. The molecule has 9 nitrogen and oxygen atoms in total. The Morgan fingerprint density at radius 1 is 1.08 bits per heavy atom. The third-order valence-corrected chi connectivity index (χ3v) is 5.94. The Labute approximate surface area is 206 Å². The quantitative estimate of drug-likeness (QED) is 0.347. The molecule has 0 unspecified atom stereocenters. The van der Waals surface area contributed by atoms with Gasteiger partial charge in [-0.3, -0.25) is 0 Å². The summed E-state index contributed by atoms with van der Waals surface area (Å²) in [6, 6.07) is 8.30. The smallest absolute Gasteiger partial charge is 0.382 e. The molecule has 1 aromatic carbocycles. The molecule has 0 saturated carbocycles. The Bertz CT molecular complexity index is 1650. The highest BCUT2D eigenvalue weighted by Gasteiger charge is 2.35. The van der Waals surface area contributed by atoms with Crippen LogP contribution in [0.1, 0.15) is 41.9 Å². The summed E-state index contributed by atoms with van der Waals surface area (Å²) in [6.07, 6.45) is 2.16. The lowest BCUT2D eigenvalue weighted by Crippen LogP contribution is -2.10. The summed E-state index contributed by atoms with van der Waals surface area (Å²) in [6.45, 7) is 1.89. The molecule has 2 N–H and O–H groups in total. The minimum atomic E-state index is -4.72. The molecule has 0 bridgehead atoms. The van der Waals surface area contributed by atoms with Gasteiger partial charge in [-0.05, 0) is 24.1 Å². The number of anilines is 1. The number of halogens is 4. The van der Waals surface area contributed by atoms with Crippen LogP contribution in [0.5, 0.6) is 0 Å². The van der Waals surface area contributed by atoms with E-state index in [4.69, 9.17) is 5.73 Å². The molecule has 4 aromatic heterocycles. The number of fused-ring (bicyclic) bond motifs is 1. The first-order chi connectivity index (χ1) is 17.7. The highest BCUT2D eigenvalue weighted by molar-refractivity contribution is 5.92. The average Bonchev–Trinajstić information content (AvgIpc) is 3.49. The van der Waals surface area contributed by atoms with Crippen molar-refractivity contribution in [3.05, 3.63) is 83.8 Å². The van der Waals surface area contributed by atoms with Gasteiger partial charge in [0.15, 0.2) is 5.82 Å². The van der Waals surface area contributed by atoms with E-state index in [0.29, 0.717) is 17.7 Å². The highest BCUT2D eigenvalue weighted by Crippen LogP contribution is 2.40. The lowest BCUT2D eigenvalue weighted by atomic mass is 9.91. The van der Waals surface area contributed by atoms with E-state index in [1.54, 1.807) is 30.6 Å². The van der Waals surface area contributed by atoms with Gasteiger partial charge in [0.25, 0.3) is 0 Å². The van der Waals surface area contributed by atoms with Crippen LogP contribution >= 0.6 is 0 Å². The average molecular weight is 507 g/mol. The van der Waals surface area contributed by atoms with Crippen LogP contribution in [0.3, 0.4) is 0 Å². The number of aromatic nitrogens is 7. The molecule has 5 rings (SSSR count). The largest absolute Gasteiger partial charge is 0.451 e. The monoisotopic (exact) mass is 507 g/mol. The maximum Gasteiger partial charge on any atom is 0.451 e. The lowest BCUT2D eigenvalue weighted by molar-refractivity contribution is -0.144. The summed E-state index contributed by atoms with van der Waals surface area (Å²) < 4.78 is 56.2. The van der Waals surface area contributed by atoms with E-state index >= 15 is 0 Å². The van der Waals surface area contributed by atoms with Crippen LogP contribution in [-0.4, -0.2) is 34.3 Å². The summed E-state index contributed by atoms with van der Waals surface area (Å²) in [5, 5.41) is 18.8. The predicted molar refractivity (Wildman–Crippen MR) is 124 cm³/mol. The topological polar surface area (TPSA) is 124 Å². The van der Waals surface area contributed by atoms with E-state index in [0.717, 1.165) is 12.4 Å². The molecule has 37 heavy (non-hydrogen) atoms. The summed E-state index contributed by atoms with van der Waals surface area (Å²) in [7, 11) is 0. The molecule has 1 atom stereocenters. The van der Waals surface area contributed by atoms with Gasteiger partial charge in [-0.1, -0.05) is 19.1 Å². The lowest BCUT2D eigenvalue weighted by Gasteiger charge is -2.14. The maximum absolute atomic E-state index is 14.3. The zero-order valence-corrected chi connectivity index (χ0v) is 19.1. The van der Waals surface area contributed by atoms with Crippen LogP contribution in [0, 0.1) is 17.1 Å². The third-order valence-electron chi connectivity index (χ3n) is 5.94. The van der Waals surface area contributed by atoms with Gasteiger partial charge in [0, 0.05) is 35.6 Å². The SMILES string of the molecule is CC[C@@H](c1cnn(-c2ccccc2F)c1)c1c(C#N)c(-c2cnc(C(F)(F)F)nc2)c2c(N)ncnn12. The van der Waals surface area contributed by atoms with Gasteiger partial charge in [0.1, 0.15) is 29.4 Å². The number of nitrogen functional groups attached to an aromatic ring is 1. The van der Waals surface area contributed by atoms with Gasteiger partial charge in [-0.2, -0.15) is 28.6 Å². The Morgan fingerprint density at radius 3 is 2.46 bits per heavy atom. The van der Waals surface area contributed by atoms with E-state index in [1.807, 2.05) is 6.92 Å². The molecule has 13 heteroatoms. The van der Waals surface area contributed by atoms with Gasteiger partial charge >= 0.3 is 6.18 Å². The molecule has 0 fully saturated rings. The minimum Gasteiger partial charge on any atom is -0.382 e. The number of benzene rings is 1. The zero-order valence-electron chi connectivity index (χ0n) is 19.1. The molecule has 0 aliphatic heterocycles. The van der Waals surface area contributed by atoms with Crippen molar-refractivity contribution in [2.75, 3.05) is 5.73 Å². The van der Waals surface area contributed by atoms with Crippen LogP contribution in [0.2, 0.25) is 0 Å². The van der Waals surface area contributed by atoms with Gasteiger partial charge in [0.05, 0.1) is 17.5 Å². The van der Waals surface area contributed by atoms with Crippen molar-refractivity contribution in [1.82, 2.24) is 34.3 Å². The molecule has 0 aliphatic rings. The Balaban J connectivity index is 1.71. The number of alkyl halides is 3. The zero-order chi connectivity index (χ0) is 26.3. The van der Waals surface area contributed by atoms with Gasteiger partial charge in [-0.15, -0.1) is 0 Å². The van der Waals surface area contributed by atoms with Crippen LogP contribution in [-0.2, 0) is 6.18 Å². The Morgan fingerprint density at radius 2 is 1.81 bits per heavy atom. The number of para-hydroxylation sites is 1. The van der Waals surface area contributed by atoms with Gasteiger partial charge in [-0.25, -0.2) is 28.5 Å². The molecule has 0 aliphatic carbocycles. The standard InChI is InChI=1S/C24H17F4N9/c1-2-15(14-10-34-36(11-14)18-6-4-3-5-17(18)25)20-16(7-29)19(21-22(30)33-12-35-37(20)21)13-8-31-23(32-9-13)24(26,27)28/h3-6,8-12,15H,2H2,1H3,(H2,30,33,35)/t15-/m0/s1. The fourth-order valence-electron chi connectivity index (χ4n) is 4.33. The van der Waals surface area contributed by atoms with Crippen molar-refractivity contribution < 1.29 is 17.6 Å². The molecule has 186 valence electrons. The second-order valence-electron chi connectivity index (χ2n) is 8.08. The van der Waals surface area contributed by atoms with Gasteiger partial charge in [0.2, 0.25) is 5.82 Å². The highest BCUT2D eigenvalue weighted by atomic mass is 19.4. The van der Waals surface area contributed by atoms with Crippen molar-refractivity contribution in [3.63, 3.8) is 0 Å². The molecule has 0 radical (unpaired) electrons. The number of nitrogens with two attached hydrogens (primary N) is 1. The number of nitriles is 1. The number of nitrogens with zero attached hydrogens (tertiary/aromatic N) is 8. The Kier molecular flexibility index (Phi) is 5.79. The number of rotatable bonds is 5. The first-order valence-electron chi connectivity index (χ1n) is 11.0. The molecular weight excluding hydrogens is 490 g/mol. The fourth-order valence-corrected chi connectivity index (χ4v) is 4.33. The first kappa shape index (κ1) is 23.9. The van der Waals surface area contributed by atoms with E-state index < -0.39 is 23.7 Å². The predicted octanol–water partition coefficient (Wildman–Crippen LogP) is 4.53. The van der Waals surface area contributed by atoms with Crippen molar-refractivity contribution in [2.24, 2.45) is 0 Å². The Hall–Kier alpha value is -4.86. The number of hydrogen-bond donors (Lipinski definition) is 1. The van der Waals surface area contributed by atoms with Crippen molar-refractivity contribution in [2.45, 2.75) is 25.4 Å². The van der Waals surface area contributed by atoms with E-state index in [2.05, 4.69) is 31.2 Å². The van der Waals surface area contributed by atoms with Crippen molar-refractivity contribution in [3.8, 4) is 22.9 Å². The van der Waals surface area contributed by atoms with Crippen LogP contribution < -0.4 is 5.73 Å². The van der Waals surface area contributed by atoms with E-state index in [1.165, 1.54) is 21.6 Å². The van der Waals surface area contributed by atoms with Crippen molar-refractivity contribution in [1.29, 1.82) is 5.26 Å². The second-order valence-corrected chi connectivity index (χ2v) is 8.08. The summed E-state index contributed by atoms with van der Waals surface area (Å²) in [5.41, 5.74) is 8.20. The van der Waals surface area contributed by atoms with E-state index in [9.17, 15) is 22.8 Å².